The van der Waals surface area contributed by atoms with Crippen LogP contribution in [0.15, 0.2) is 225 Å². The molecule has 0 saturated heterocycles. The number of nitrogens with zero attached hydrogens (tertiary/aromatic N) is 3. The molecule has 11 rings (SSSR count). The predicted octanol–water partition coefficient (Wildman–Crippen LogP) is 15.6. The molecule has 0 atom stereocenters. The van der Waals surface area contributed by atoms with Gasteiger partial charge >= 0.3 is 0 Å². The molecule has 4 aromatic heterocycles. The fourth-order valence-corrected chi connectivity index (χ4v) is 9.80. The Labute approximate surface area is 359 Å². The lowest BCUT2D eigenvalue weighted by atomic mass is 9.85. The van der Waals surface area contributed by atoms with Gasteiger partial charge in [-0.15, -0.1) is 11.3 Å². The number of benzene rings is 7. The number of fused-ring (bicyclic) bond motifs is 3. The van der Waals surface area contributed by atoms with Crippen molar-refractivity contribution < 1.29 is 0 Å². The van der Waals surface area contributed by atoms with Gasteiger partial charge in [-0.25, -0.2) is 0 Å². The standard InChI is InChI=1S/C57H37N3S/c1-2-14-38(15-3-1)55-34-53(39-26-27-52-51-24-10-11-25-56(51)61-57(52)33-39)54(37-60-55)50-23-9-8-22-49(50)44-31-42(47-20-6-4-18-45(47)40-16-12-28-58-35-40)30-43(32-44)48-21-7-5-19-46(48)41-17-13-29-59-36-41/h1-37H. The van der Waals surface area contributed by atoms with Gasteiger partial charge in [-0.1, -0.05) is 146 Å². The normalized spacial score (nSPS) is 11.3. The van der Waals surface area contributed by atoms with Gasteiger partial charge in [0.25, 0.3) is 0 Å². The van der Waals surface area contributed by atoms with Crippen LogP contribution < -0.4 is 0 Å². The molecule has 4 heterocycles. The fourth-order valence-electron chi connectivity index (χ4n) is 8.65. The Balaban J connectivity index is 1.14. The summed E-state index contributed by atoms with van der Waals surface area (Å²) in [5.41, 5.74) is 17.7. The Bertz CT molecular complexity index is 3260. The molecule has 3 nitrogen and oxygen atoms in total. The maximum Gasteiger partial charge on any atom is 0.0708 e. The van der Waals surface area contributed by atoms with E-state index in [1.54, 1.807) is 0 Å². The zero-order valence-electron chi connectivity index (χ0n) is 33.1. The second kappa shape index (κ2) is 15.8. The van der Waals surface area contributed by atoms with Crippen LogP contribution in [-0.2, 0) is 0 Å². The predicted molar refractivity (Wildman–Crippen MR) is 256 cm³/mol. The molecule has 7 aromatic carbocycles. The summed E-state index contributed by atoms with van der Waals surface area (Å²) < 4.78 is 2.57. The summed E-state index contributed by atoms with van der Waals surface area (Å²) in [6.07, 6.45) is 9.62. The van der Waals surface area contributed by atoms with Crippen molar-refractivity contribution in [3.05, 3.63) is 225 Å². The summed E-state index contributed by atoms with van der Waals surface area (Å²) in [4.78, 5) is 14.1. The van der Waals surface area contributed by atoms with E-state index in [1.165, 1.54) is 20.2 Å². The Morgan fingerprint density at radius 3 is 1.36 bits per heavy atom. The van der Waals surface area contributed by atoms with Crippen LogP contribution >= 0.6 is 11.3 Å². The maximum absolute atomic E-state index is 5.15. The minimum Gasteiger partial charge on any atom is -0.264 e. The molecule has 0 radical (unpaired) electrons. The SMILES string of the molecule is c1ccc(-c2cc(-c3ccc4c(c3)sc3ccccc34)c(-c3ccccc3-c3cc(-c4ccccc4-c4cccnc4)cc(-c4ccccc4-c4cccnc4)c3)cn2)cc1. The van der Waals surface area contributed by atoms with Crippen molar-refractivity contribution in [2.45, 2.75) is 0 Å². The van der Waals surface area contributed by atoms with Crippen molar-refractivity contribution in [2.75, 3.05) is 0 Å². The highest BCUT2D eigenvalue weighted by Gasteiger charge is 2.19. The first-order valence-electron chi connectivity index (χ1n) is 20.5. The van der Waals surface area contributed by atoms with E-state index in [-0.39, 0.29) is 0 Å². The third-order valence-corrected chi connectivity index (χ3v) is 12.7. The third kappa shape index (κ3) is 6.89. The first-order valence-corrected chi connectivity index (χ1v) is 21.3. The van der Waals surface area contributed by atoms with Gasteiger partial charge in [-0.05, 0) is 110 Å². The summed E-state index contributed by atoms with van der Waals surface area (Å²) in [6, 6.07) is 69.7. The van der Waals surface area contributed by atoms with E-state index in [1.807, 2.05) is 48.3 Å². The van der Waals surface area contributed by atoms with Crippen LogP contribution in [0, 0.1) is 0 Å². The number of hydrogen-bond donors (Lipinski definition) is 0. The van der Waals surface area contributed by atoms with Crippen molar-refractivity contribution in [1.29, 1.82) is 0 Å². The molecular weight excluding hydrogens is 759 g/mol. The van der Waals surface area contributed by atoms with E-state index in [2.05, 4.69) is 198 Å². The summed E-state index contributed by atoms with van der Waals surface area (Å²) in [5, 5.41) is 2.58. The topological polar surface area (TPSA) is 38.7 Å². The highest BCUT2D eigenvalue weighted by Crippen LogP contribution is 2.45. The number of rotatable bonds is 8. The van der Waals surface area contributed by atoms with Gasteiger partial charge in [-0.3, -0.25) is 15.0 Å². The largest absolute Gasteiger partial charge is 0.264 e. The summed E-state index contributed by atoms with van der Waals surface area (Å²) in [7, 11) is 0. The second-order valence-corrected chi connectivity index (χ2v) is 16.3. The van der Waals surface area contributed by atoms with E-state index in [4.69, 9.17) is 4.98 Å². The van der Waals surface area contributed by atoms with E-state index < -0.39 is 0 Å². The van der Waals surface area contributed by atoms with Crippen LogP contribution in [0.1, 0.15) is 0 Å². The van der Waals surface area contributed by atoms with E-state index in [0.29, 0.717) is 0 Å². The number of pyridine rings is 3. The lowest BCUT2D eigenvalue weighted by Gasteiger charge is -2.19. The molecule has 0 bridgehead atoms. The van der Waals surface area contributed by atoms with Crippen LogP contribution in [0.2, 0.25) is 0 Å². The quantitative estimate of drug-likeness (QED) is 0.154. The minimum atomic E-state index is 0.941. The molecule has 0 saturated carbocycles. The Morgan fingerprint density at radius 2 is 0.770 bits per heavy atom. The van der Waals surface area contributed by atoms with Crippen molar-refractivity contribution in [3.8, 4) is 89.1 Å². The van der Waals surface area contributed by atoms with Crippen LogP contribution in [0.25, 0.3) is 109 Å². The van der Waals surface area contributed by atoms with Crippen molar-refractivity contribution in [1.82, 2.24) is 15.0 Å². The van der Waals surface area contributed by atoms with Gasteiger partial charge in [0.05, 0.1) is 5.69 Å². The summed E-state index contributed by atoms with van der Waals surface area (Å²) >= 11 is 1.85. The van der Waals surface area contributed by atoms with Crippen molar-refractivity contribution >= 4 is 31.5 Å². The first-order chi connectivity index (χ1) is 30.2. The average molecular weight is 796 g/mol. The monoisotopic (exact) mass is 795 g/mol. The first kappa shape index (κ1) is 36.3. The van der Waals surface area contributed by atoms with Gasteiger partial charge in [0.1, 0.15) is 0 Å². The molecule has 286 valence electrons. The molecule has 11 aromatic rings. The number of hydrogen-bond acceptors (Lipinski definition) is 4. The van der Waals surface area contributed by atoms with E-state index >= 15 is 0 Å². The van der Waals surface area contributed by atoms with Gasteiger partial charge < -0.3 is 0 Å². The molecular formula is C57H37N3S. The highest BCUT2D eigenvalue weighted by molar-refractivity contribution is 7.25. The highest BCUT2D eigenvalue weighted by atomic mass is 32.1. The van der Waals surface area contributed by atoms with Gasteiger partial charge in [0, 0.05) is 73.4 Å². The zero-order valence-corrected chi connectivity index (χ0v) is 33.9. The zero-order chi connectivity index (χ0) is 40.5. The molecule has 61 heavy (non-hydrogen) atoms. The number of aromatic nitrogens is 3. The maximum atomic E-state index is 5.15. The van der Waals surface area contributed by atoms with Crippen LogP contribution in [-0.4, -0.2) is 15.0 Å². The smallest absolute Gasteiger partial charge is 0.0708 e. The molecule has 0 aliphatic heterocycles. The number of thiophene rings is 1. The molecule has 0 spiro atoms. The minimum absolute atomic E-state index is 0.941. The van der Waals surface area contributed by atoms with Crippen LogP contribution in [0.3, 0.4) is 0 Å². The van der Waals surface area contributed by atoms with Gasteiger partial charge in [0.2, 0.25) is 0 Å². The third-order valence-electron chi connectivity index (χ3n) is 11.5. The molecule has 0 amide bonds. The Kier molecular flexibility index (Phi) is 9.38. The summed E-state index contributed by atoms with van der Waals surface area (Å²) in [6.45, 7) is 0. The lowest BCUT2D eigenvalue weighted by molar-refractivity contribution is 1.32. The van der Waals surface area contributed by atoms with Crippen molar-refractivity contribution in [3.63, 3.8) is 0 Å². The molecule has 0 fully saturated rings. The van der Waals surface area contributed by atoms with E-state index in [0.717, 1.165) is 89.1 Å². The van der Waals surface area contributed by atoms with Crippen LogP contribution in [0.5, 0.6) is 0 Å². The van der Waals surface area contributed by atoms with E-state index in [9.17, 15) is 0 Å². The molecule has 0 aliphatic carbocycles. The van der Waals surface area contributed by atoms with Gasteiger partial charge in [-0.2, -0.15) is 0 Å². The fraction of sp³-hybridized carbons (Fsp3) is 0. The molecule has 0 N–H and O–H groups in total. The van der Waals surface area contributed by atoms with Crippen LogP contribution in [0.4, 0.5) is 0 Å². The molecule has 0 aliphatic rings. The summed E-state index contributed by atoms with van der Waals surface area (Å²) in [5.74, 6) is 0. The average Bonchev–Trinajstić information content (AvgIpc) is 3.72. The van der Waals surface area contributed by atoms with Gasteiger partial charge in [0.15, 0.2) is 0 Å². The van der Waals surface area contributed by atoms with Crippen molar-refractivity contribution in [2.24, 2.45) is 0 Å². The molecule has 4 heteroatoms. The lowest BCUT2D eigenvalue weighted by Crippen LogP contribution is -1.94. The molecule has 0 unspecified atom stereocenters. The Hall–Kier alpha value is -7.79. The Morgan fingerprint density at radius 1 is 0.279 bits per heavy atom. The second-order valence-electron chi connectivity index (χ2n) is 15.2.